The largest absolute Gasteiger partial charge is 0.484 e. The number of nitrogens with zero attached hydrogens (tertiary/aromatic N) is 2. The van der Waals surface area contributed by atoms with E-state index < -0.39 is 0 Å². The van der Waals surface area contributed by atoms with E-state index in [1.165, 1.54) is 0 Å². The Hall–Kier alpha value is -2.37. The van der Waals surface area contributed by atoms with Crippen molar-refractivity contribution in [3.05, 3.63) is 42.0 Å². The highest BCUT2D eigenvalue weighted by Gasteiger charge is 2.22. The van der Waals surface area contributed by atoms with Crippen molar-refractivity contribution in [2.75, 3.05) is 0 Å². The lowest BCUT2D eigenvalue weighted by molar-refractivity contribution is -0.125. The predicted octanol–water partition coefficient (Wildman–Crippen LogP) is 2.46. The van der Waals surface area contributed by atoms with Gasteiger partial charge in [0.25, 0.3) is 5.89 Å². The van der Waals surface area contributed by atoms with E-state index in [1.54, 1.807) is 0 Å². The molecule has 1 aliphatic rings. The predicted molar refractivity (Wildman–Crippen MR) is 78.9 cm³/mol. The Morgan fingerprint density at radius 3 is 2.82 bits per heavy atom. The third-order valence-corrected chi connectivity index (χ3v) is 3.76. The number of amides is 1. The van der Waals surface area contributed by atoms with Crippen LogP contribution in [0.3, 0.4) is 0 Å². The second kappa shape index (κ2) is 7.06. The molecule has 1 aliphatic carbocycles. The van der Waals surface area contributed by atoms with Gasteiger partial charge in [0, 0.05) is 5.92 Å². The molecule has 116 valence electrons. The molecule has 0 spiro atoms. The van der Waals surface area contributed by atoms with Gasteiger partial charge in [0.05, 0.1) is 6.54 Å². The van der Waals surface area contributed by atoms with Crippen molar-refractivity contribution in [3.63, 3.8) is 0 Å². The van der Waals surface area contributed by atoms with Crippen LogP contribution in [0.15, 0.2) is 34.9 Å². The number of rotatable bonds is 6. The van der Waals surface area contributed by atoms with Gasteiger partial charge in [0.15, 0.2) is 12.4 Å². The Balaban J connectivity index is 1.45. The Kier molecular flexibility index (Phi) is 4.68. The summed E-state index contributed by atoms with van der Waals surface area (Å²) in [6.07, 6.45) is 4.24. The number of carbonyl (C=O) groups excluding carboxylic acids is 1. The molecule has 1 aromatic carbocycles. The number of hydrogen-bond donors (Lipinski definition) is 1. The van der Waals surface area contributed by atoms with Gasteiger partial charge in [-0.15, -0.1) is 0 Å². The average Bonchev–Trinajstić information content (AvgIpc) is 3.23. The molecular formula is C16H19N3O3. The highest BCUT2D eigenvalue weighted by molar-refractivity contribution is 5.78. The Labute approximate surface area is 128 Å². The van der Waals surface area contributed by atoms with Gasteiger partial charge in [0.2, 0.25) is 5.91 Å². The molecule has 1 amide bonds. The molecule has 1 fully saturated rings. The number of ether oxygens (including phenoxy) is 1. The number of benzene rings is 1. The summed E-state index contributed by atoms with van der Waals surface area (Å²) in [4.78, 5) is 16.1. The summed E-state index contributed by atoms with van der Waals surface area (Å²) in [5, 5.41) is 6.71. The summed E-state index contributed by atoms with van der Waals surface area (Å²) < 4.78 is 10.6. The van der Waals surface area contributed by atoms with Crippen molar-refractivity contribution in [2.24, 2.45) is 5.92 Å². The Morgan fingerprint density at radius 2 is 2.05 bits per heavy atom. The van der Waals surface area contributed by atoms with Crippen LogP contribution in [0.1, 0.15) is 37.4 Å². The second-order valence-electron chi connectivity index (χ2n) is 5.41. The maximum atomic E-state index is 11.9. The van der Waals surface area contributed by atoms with Crippen molar-refractivity contribution < 1.29 is 14.1 Å². The van der Waals surface area contributed by atoms with Crippen molar-refractivity contribution >= 4 is 5.91 Å². The molecule has 22 heavy (non-hydrogen) atoms. The summed E-state index contributed by atoms with van der Waals surface area (Å²) in [5.41, 5.74) is 0. The van der Waals surface area contributed by atoms with Crippen LogP contribution in [0.25, 0.3) is 0 Å². The number of nitrogens with one attached hydrogen (secondary N) is 1. The monoisotopic (exact) mass is 301 g/mol. The van der Waals surface area contributed by atoms with Gasteiger partial charge in [0.1, 0.15) is 5.75 Å². The van der Waals surface area contributed by atoms with Crippen molar-refractivity contribution in [3.8, 4) is 5.75 Å². The molecular weight excluding hydrogens is 282 g/mol. The first kappa shape index (κ1) is 14.6. The zero-order chi connectivity index (χ0) is 15.2. The Morgan fingerprint density at radius 1 is 1.27 bits per heavy atom. The Bertz CT molecular complexity index is 606. The van der Waals surface area contributed by atoms with Crippen LogP contribution in [0.4, 0.5) is 0 Å². The smallest absolute Gasteiger partial charge is 0.264 e. The minimum atomic E-state index is 0.0874. The summed E-state index contributed by atoms with van der Waals surface area (Å²) in [6.45, 7) is 0.512. The summed E-state index contributed by atoms with van der Waals surface area (Å²) in [5.74, 6) is 1.85. The summed E-state index contributed by atoms with van der Waals surface area (Å²) in [6, 6.07) is 9.43. The molecule has 3 rings (SSSR count). The zero-order valence-corrected chi connectivity index (χ0v) is 12.3. The molecule has 1 N–H and O–H groups in total. The fraction of sp³-hybridized carbons (Fsp3) is 0.438. The van der Waals surface area contributed by atoms with E-state index in [2.05, 4.69) is 15.5 Å². The average molecular weight is 301 g/mol. The van der Waals surface area contributed by atoms with Crippen molar-refractivity contribution in [1.29, 1.82) is 0 Å². The van der Waals surface area contributed by atoms with Crippen molar-refractivity contribution in [2.45, 2.75) is 38.8 Å². The van der Waals surface area contributed by atoms with Crippen LogP contribution in [-0.2, 0) is 17.9 Å². The van der Waals surface area contributed by atoms with E-state index in [4.69, 9.17) is 9.26 Å². The third kappa shape index (κ3) is 3.84. The van der Waals surface area contributed by atoms with Gasteiger partial charge in [-0.25, -0.2) is 0 Å². The fourth-order valence-electron chi connectivity index (χ4n) is 2.58. The van der Waals surface area contributed by atoms with Crippen LogP contribution in [0, 0.1) is 5.92 Å². The van der Waals surface area contributed by atoms with Gasteiger partial charge in [-0.2, -0.15) is 4.98 Å². The van der Waals surface area contributed by atoms with Crippen LogP contribution < -0.4 is 10.1 Å². The molecule has 0 radical (unpaired) electrons. The minimum absolute atomic E-state index is 0.0874. The van der Waals surface area contributed by atoms with Crippen LogP contribution in [0.5, 0.6) is 5.75 Å². The first-order chi connectivity index (χ1) is 10.8. The number of aromatic nitrogens is 2. The van der Waals surface area contributed by atoms with E-state index in [1.807, 2.05) is 30.3 Å². The lowest BCUT2D eigenvalue weighted by atomic mass is 10.1. The molecule has 0 atom stereocenters. The van der Waals surface area contributed by atoms with Gasteiger partial charge in [-0.1, -0.05) is 36.2 Å². The van der Waals surface area contributed by atoms with Crippen molar-refractivity contribution in [1.82, 2.24) is 15.5 Å². The van der Waals surface area contributed by atoms with Gasteiger partial charge >= 0.3 is 0 Å². The first-order valence-corrected chi connectivity index (χ1v) is 7.58. The number of carbonyl (C=O) groups is 1. The standard InChI is InChI=1S/C16H19N3O3/c20-16(12-6-4-5-7-12)17-10-14-18-15(22-19-14)11-21-13-8-2-1-3-9-13/h1-3,8-9,12H,4-7,10-11H2,(H,17,20). The van der Waals surface area contributed by atoms with E-state index in [9.17, 15) is 4.79 Å². The molecule has 6 heteroatoms. The van der Waals surface area contributed by atoms with E-state index >= 15 is 0 Å². The maximum absolute atomic E-state index is 11.9. The topological polar surface area (TPSA) is 77.2 Å². The molecule has 1 aromatic heterocycles. The molecule has 6 nitrogen and oxygen atoms in total. The van der Waals surface area contributed by atoms with E-state index in [0.717, 1.165) is 31.4 Å². The van der Waals surface area contributed by atoms with E-state index in [-0.39, 0.29) is 18.4 Å². The SMILES string of the molecule is O=C(NCc1noc(COc2ccccc2)n1)C1CCCC1. The first-order valence-electron chi connectivity index (χ1n) is 7.58. The molecule has 0 aliphatic heterocycles. The molecule has 0 saturated heterocycles. The molecule has 2 aromatic rings. The minimum Gasteiger partial charge on any atom is -0.484 e. The van der Waals surface area contributed by atoms with Gasteiger partial charge in [-0.3, -0.25) is 4.79 Å². The molecule has 0 unspecified atom stereocenters. The highest BCUT2D eigenvalue weighted by Crippen LogP contribution is 2.24. The van der Waals surface area contributed by atoms with Gasteiger partial charge < -0.3 is 14.6 Å². The summed E-state index contributed by atoms with van der Waals surface area (Å²) in [7, 11) is 0. The normalized spacial score (nSPS) is 14.9. The zero-order valence-electron chi connectivity index (χ0n) is 12.3. The van der Waals surface area contributed by atoms with Gasteiger partial charge in [-0.05, 0) is 25.0 Å². The van der Waals surface area contributed by atoms with E-state index in [0.29, 0.717) is 18.3 Å². The lowest BCUT2D eigenvalue weighted by Gasteiger charge is -2.07. The third-order valence-electron chi connectivity index (χ3n) is 3.76. The highest BCUT2D eigenvalue weighted by atomic mass is 16.5. The second-order valence-corrected chi connectivity index (χ2v) is 5.41. The summed E-state index contributed by atoms with van der Waals surface area (Å²) >= 11 is 0. The quantitative estimate of drug-likeness (QED) is 0.886. The number of hydrogen-bond acceptors (Lipinski definition) is 5. The number of para-hydroxylation sites is 1. The van der Waals surface area contributed by atoms with Crippen LogP contribution >= 0.6 is 0 Å². The molecule has 1 heterocycles. The molecule has 0 bridgehead atoms. The van der Waals surface area contributed by atoms with Crippen LogP contribution in [-0.4, -0.2) is 16.0 Å². The fourth-order valence-corrected chi connectivity index (χ4v) is 2.58. The maximum Gasteiger partial charge on any atom is 0.264 e. The molecule has 1 saturated carbocycles. The lowest BCUT2D eigenvalue weighted by Crippen LogP contribution is -2.29. The van der Waals surface area contributed by atoms with Crippen LogP contribution in [0.2, 0.25) is 0 Å².